The third kappa shape index (κ3) is 5.22. The Kier molecular flexibility index (Phi) is 3.91. The number of nitrogens with zero attached hydrogens (tertiary/aromatic N) is 1. The van der Waals surface area contributed by atoms with E-state index in [-0.39, 0.29) is 11.5 Å². The van der Waals surface area contributed by atoms with Gasteiger partial charge in [0, 0.05) is 11.5 Å². The topological polar surface area (TPSA) is 55.2 Å². The van der Waals surface area contributed by atoms with E-state index in [1.807, 2.05) is 34.6 Å². The van der Waals surface area contributed by atoms with Gasteiger partial charge in [0.15, 0.2) is 0 Å². The molecule has 0 fully saturated rings. The van der Waals surface area contributed by atoms with E-state index in [1.54, 1.807) is 0 Å². The van der Waals surface area contributed by atoms with Crippen LogP contribution in [-0.2, 0) is 0 Å². The molecule has 0 spiro atoms. The highest BCUT2D eigenvalue weighted by Crippen LogP contribution is 2.22. The highest BCUT2D eigenvalue weighted by molar-refractivity contribution is 5.05. The highest BCUT2D eigenvalue weighted by atomic mass is 16.6. The zero-order valence-electron chi connectivity index (χ0n) is 8.92. The first-order valence-electron chi connectivity index (χ1n) is 4.36. The van der Waals surface area contributed by atoms with E-state index in [4.69, 9.17) is 0 Å². The molecule has 0 heterocycles. The lowest BCUT2D eigenvalue weighted by Gasteiger charge is -2.23. The van der Waals surface area contributed by atoms with Gasteiger partial charge in [0.2, 0.25) is 0 Å². The van der Waals surface area contributed by atoms with E-state index < -0.39 is 4.92 Å². The van der Waals surface area contributed by atoms with E-state index in [0.29, 0.717) is 5.70 Å². The summed E-state index contributed by atoms with van der Waals surface area (Å²) < 4.78 is 0. The molecule has 0 bridgehead atoms. The summed E-state index contributed by atoms with van der Waals surface area (Å²) in [6, 6.07) is 0.213. The van der Waals surface area contributed by atoms with Gasteiger partial charge in [0.1, 0.15) is 0 Å². The summed E-state index contributed by atoms with van der Waals surface area (Å²) >= 11 is 0. The van der Waals surface area contributed by atoms with E-state index in [9.17, 15) is 10.1 Å². The van der Waals surface area contributed by atoms with Crippen molar-refractivity contribution >= 4 is 0 Å². The molecule has 0 aromatic heterocycles. The van der Waals surface area contributed by atoms with E-state index in [2.05, 4.69) is 5.32 Å². The minimum absolute atomic E-state index is 0.211. The number of hydrogen-bond acceptors (Lipinski definition) is 3. The van der Waals surface area contributed by atoms with Crippen LogP contribution in [0.4, 0.5) is 0 Å². The summed E-state index contributed by atoms with van der Waals surface area (Å²) in [5.41, 5.74) is 0.449. The summed E-state index contributed by atoms with van der Waals surface area (Å²) in [5, 5.41) is 13.4. The van der Waals surface area contributed by atoms with Crippen molar-refractivity contribution < 1.29 is 4.92 Å². The monoisotopic (exact) mass is 186 g/mol. The van der Waals surface area contributed by atoms with Crippen LogP contribution < -0.4 is 5.32 Å². The quantitative estimate of drug-likeness (QED) is 0.542. The molecule has 76 valence electrons. The van der Waals surface area contributed by atoms with E-state index >= 15 is 0 Å². The van der Waals surface area contributed by atoms with Crippen molar-refractivity contribution in [3.05, 3.63) is 22.0 Å². The molecule has 13 heavy (non-hydrogen) atoms. The van der Waals surface area contributed by atoms with Crippen LogP contribution in [0.1, 0.15) is 34.6 Å². The Balaban J connectivity index is 4.67. The summed E-state index contributed by atoms with van der Waals surface area (Å²) in [4.78, 5) is 9.91. The predicted octanol–water partition coefficient (Wildman–Crippen LogP) is 2.15. The van der Waals surface area contributed by atoms with Crippen molar-refractivity contribution in [1.82, 2.24) is 5.32 Å². The zero-order chi connectivity index (χ0) is 10.6. The fraction of sp³-hybridized carbons (Fsp3) is 0.778. The van der Waals surface area contributed by atoms with Gasteiger partial charge in [-0.3, -0.25) is 10.1 Å². The molecular weight excluding hydrogens is 168 g/mol. The van der Waals surface area contributed by atoms with Crippen molar-refractivity contribution in [3.8, 4) is 0 Å². The summed E-state index contributed by atoms with van der Waals surface area (Å²) in [6.45, 7) is 9.74. The molecule has 0 aliphatic carbocycles. The largest absolute Gasteiger partial charge is 0.381 e. The SMILES string of the molecule is CC(C)N/C(=C\[N+](=O)[O-])C(C)(C)C. The zero-order valence-corrected chi connectivity index (χ0v) is 8.92. The standard InChI is InChI=1S/C9H18N2O2/c1-7(2)10-8(6-11(12)13)9(3,4)5/h6-7,10H,1-5H3/b8-6-. The number of rotatable bonds is 3. The second-order valence-corrected chi connectivity index (χ2v) is 4.38. The molecule has 4 heteroatoms. The summed E-state index contributed by atoms with van der Waals surface area (Å²) in [5.74, 6) is 0. The van der Waals surface area contributed by atoms with E-state index in [1.165, 1.54) is 0 Å². The second-order valence-electron chi connectivity index (χ2n) is 4.38. The van der Waals surface area contributed by atoms with Gasteiger partial charge in [0.25, 0.3) is 6.20 Å². The molecule has 0 amide bonds. The van der Waals surface area contributed by atoms with Crippen LogP contribution in [-0.4, -0.2) is 11.0 Å². The maximum Gasteiger partial charge on any atom is 0.253 e. The second kappa shape index (κ2) is 4.25. The number of hydrogen-bond donors (Lipinski definition) is 1. The molecule has 0 aromatic rings. The lowest BCUT2D eigenvalue weighted by Crippen LogP contribution is -2.30. The minimum atomic E-state index is -0.421. The van der Waals surface area contributed by atoms with Crippen molar-refractivity contribution in [2.75, 3.05) is 0 Å². The normalized spacial score (nSPS) is 13.2. The average molecular weight is 186 g/mol. The summed E-state index contributed by atoms with van der Waals surface area (Å²) in [7, 11) is 0. The fourth-order valence-electron chi connectivity index (χ4n) is 0.864. The van der Waals surface area contributed by atoms with Crippen molar-refractivity contribution in [1.29, 1.82) is 0 Å². The third-order valence-electron chi connectivity index (χ3n) is 1.49. The first kappa shape index (κ1) is 11.9. The molecule has 4 nitrogen and oxygen atoms in total. The lowest BCUT2D eigenvalue weighted by molar-refractivity contribution is -0.404. The molecule has 0 rings (SSSR count). The molecule has 0 saturated heterocycles. The Labute approximate surface area is 79.2 Å². The maximum absolute atomic E-state index is 10.3. The van der Waals surface area contributed by atoms with Crippen LogP contribution in [0.15, 0.2) is 11.9 Å². The molecule has 0 saturated carbocycles. The Morgan fingerprint density at radius 2 is 1.92 bits per heavy atom. The predicted molar refractivity (Wildman–Crippen MR) is 52.8 cm³/mol. The van der Waals surface area contributed by atoms with Crippen molar-refractivity contribution in [2.45, 2.75) is 40.7 Å². The van der Waals surface area contributed by atoms with E-state index in [0.717, 1.165) is 6.20 Å². The van der Waals surface area contributed by atoms with Crippen LogP contribution in [0.3, 0.4) is 0 Å². The Hall–Kier alpha value is -1.06. The Morgan fingerprint density at radius 1 is 1.46 bits per heavy atom. The molecule has 1 N–H and O–H groups in total. The first-order valence-corrected chi connectivity index (χ1v) is 4.36. The number of allylic oxidation sites excluding steroid dienone is 1. The number of nitrogens with one attached hydrogen (secondary N) is 1. The smallest absolute Gasteiger partial charge is 0.253 e. The van der Waals surface area contributed by atoms with Crippen LogP contribution >= 0.6 is 0 Å². The fourth-order valence-corrected chi connectivity index (χ4v) is 0.864. The van der Waals surface area contributed by atoms with Gasteiger partial charge in [0.05, 0.1) is 10.6 Å². The molecule has 0 aromatic carbocycles. The van der Waals surface area contributed by atoms with Gasteiger partial charge in [-0.05, 0) is 13.8 Å². The van der Waals surface area contributed by atoms with Gasteiger partial charge in [-0.15, -0.1) is 0 Å². The molecule has 0 aliphatic rings. The van der Waals surface area contributed by atoms with Crippen molar-refractivity contribution in [2.24, 2.45) is 5.41 Å². The lowest BCUT2D eigenvalue weighted by atomic mass is 9.92. The van der Waals surface area contributed by atoms with Gasteiger partial charge < -0.3 is 5.32 Å². The molecular formula is C9H18N2O2. The van der Waals surface area contributed by atoms with Gasteiger partial charge in [-0.2, -0.15) is 0 Å². The molecule has 0 atom stereocenters. The van der Waals surface area contributed by atoms with Gasteiger partial charge >= 0.3 is 0 Å². The highest BCUT2D eigenvalue weighted by Gasteiger charge is 2.20. The van der Waals surface area contributed by atoms with Crippen LogP contribution in [0, 0.1) is 15.5 Å². The average Bonchev–Trinajstić information content (AvgIpc) is 1.81. The third-order valence-corrected chi connectivity index (χ3v) is 1.49. The Bertz CT molecular complexity index is 214. The number of nitro groups is 1. The minimum Gasteiger partial charge on any atom is -0.381 e. The van der Waals surface area contributed by atoms with Crippen LogP contribution in [0.2, 0.25) is 0 Å². The Morgan fingerprint density at radius 3 is 2.15 bits per heavy atom. The van der Waals surface area contributed by atoms with Crippen LogP contribution in [0.5, 0.6) is 0 Å². The molecule has 0 radical (unpaired) electrons. The van der Waals surface area contributed by atoms with Gasteiger partial charge in [-0.1, -0.05) is 20.8 Å². The van der Waals surface area contributed by atoms with Crippen LogP contribution in [0.25, 0.3) is 0 Å². The summed E-state index contributed by atoms with van der Waals surface area (Å²) in [6.07, 6.45) is 1.04. The van der Waals surface area contributed by atoms with Crippen molar-refractivity contribution in [3.63, 3.8) is 0 Å². The first-order chi connectivity index (χ1) is 5.73. The van der Waals surface area contributed by atoms with Gasteiger partial charge in [-0.25, -0.2) is 0 Å². The maximum atomic E-state index is 10.3. The molecule has 0 unspecified atom stereocenters. The molecule has 0 aliphatic heterocycles.